The lowest BCUT2D eigenvalue weighted by molar-refractivity contribution is 0.153. The van der Waals surface area contributed by atoms with Gasteiger partial charge in [-0.05, 0) is 44.0 Å². The van der Waals surface area contributed by atoms with Crippen molar-refractivity contribution in [2.75, 3.05) is 18.8 Å². The van der Waals surface area contributed by atoms with Gasteiger partial charge in [0, 0.05) is 12.6 Å². The van der Waals surface area contributed by atoms with Crippen LogP contribution in [0.3, 0.4) is 0 Å². The molecule has 0 bridgehead atoms. The van der Waals surface area contributed by atoms with Gasteiger partial charge in [0.1, 0.15) is 0 Å². The molecule has 0 aromatic heterocycles. The molecular formula is C16H22N2O2S. The lowest BCUT2D eigenvalue weighted by Crippen LogP contribution is -2.41. The van der Waals surface area contributed by atoms with Gasteiger partial charge in [0.05, 0.1) is 22.3 Å². The maximum Gasteiger partial charge on any atom is 0.179 e. The molecule has 114 valence electrons. The molecule has 2 rings (SSSR count). The molecule has 1 atom stereocenters. The van der Waals surface area contributed by atoms with E-state index in [9.17, 15) is 8.42 Å². The van der Waals surface area contributed by atoms with Crippen LogP contribution in [0.25, 0.3) is 0 Å². The number of piperidine rings is 1. The third-order valence-electron chi connectivity index (χ3n) is 4.19. The maximum atomic E-state index is 12.4. The van der Waals surface area contributed by atoms with Crippen LogP contribution in [0, 0.1) is 11.3 Å². The summed E-state index contributed by atoms with van der Waals surface area (Å²) < 4.78 is 24.8. The minimum atomic E-state index is -3.32. The molecule has 0 radical (unpaired) electrons. The van der Waals surface area contributed by atoms with Crippen molar-refractivity contribution < 1.29 is 8.42 Å². The van der Waals surface area contributed by atoms with Crippen molar-refractivity contribution >= 4 is 9.84 Å². The second kappa shape index (κ2) is 7.06. The first kappa shape index (κ1) is 16.0. The van der Waals surface area contributed by atoms with Gasteiger partial charge in [0.15, 0.2) is 9.84 Å². The predicted octanol–water partition coefficient (Wildman–Crippen LogP) is 2.60. The van der Waals surface area contributed by atoms with Crippen LogP contribution in [0.1, 0.15) is 38.2 Å². The van der Waals surface area contributed by atoms with E-state index in [1.807, 2.05) is 6.07 Å². The Kier molecular flexibility index (Phi) is 5.38. The molecule has 4 nitrogen and oxygen atoms in total. The van der Waals surface area contributed by atoms with Crippen molar-refractivity contribution in [3.63, 3.8) is 0 Å². The van der Waals surface area contributed by atoms with Gasteiger partial charge in [-0.2, -0.15) is 5.26 Å². The second-order valence-corrected chi connectivity index (χ2v) is 7.66. The Morgan fingerprint density at radius 3 is 2.90 bits per heavy atom. The summed E-state index contributed by atoms with van der Waals surface area (Å²) in [4.78, 5) is 2.56. The fourth-order valence-electron chi connectivity index (χ4n) is 2.93. The smallest absolute Gasteiger partial charge is 0.179 e. The van der Waals surface area contributed by atoms with E-state index in [0.29, 0.717) is 18.2 Å². The van der Waals surface area contributed by atoms with Gasteiger partial charge in [-0.1, -0.05) is 19.4 Å². The average molecular weight is 306 g/mol. The van der Waals surface area contributed by atoms with E-state index in [4.69, 9.17) is 5.26 Å². The molecule has 0 amide bonds. The zero-order valence-electron chi connectivity index (χ0n) is 12.5. The molecule has 0 saturated carbocycles. The number of likely N-dealkylation sites (tertiary alicyclic amines) is 1. The highest BCUT2D eigenvalue weighted by molar-refractivity contribution is 7.91. The molecule has 1 aromatic rings. The largest absolute Gasteiger partial charge is 0.299 e. The number of nitrogens with zero attached hydrogens (tertiary/aromatic N) is 2. The summed E-state index contributed by atoms with van der Waals surface area (Å²) in [7, 11) is -3.32. The summed E-state index contributed by atoms with van der Waals surface area (Å²) in [5.74, 6) is 0.123. The molecule has 1 aromatic carbocycles. The Labute approximate surface area is 127 Å². The standard InChI is InChI=1S/C16H22N2O2S/c1-2-15-7-3-4-9-18(15)10-11-21(19,20)16-8-5-6-14(12-16)13-17/h5-6,8,12,15H,2-4,7,9-11H2,1H3. The van der Waals surface area contributed by atoms with Gasteiger partial charge in [0.2, 0.25) is 0 Å². The Morgan fingerprint density at radius 1 is 1.38 bits per heavy atom. The summed E-state index contributed by atoms with van der Waals surface area (Å²) in [6.07, 6.45) is 4.64. The van der Waals surface area contributed by atoms with E-state index in [-0.39, 0.29) is 10.6 Å². The Balaban J connectivity index is 2.05. The molecule has 1 fully saturated rings. The third kappa shape index (κ3) is 4.05. The molecular weight excluding hydrogens is 284 g/mol. The average Bonchev–Trinajstić information content (AvgIpc) is 2.53. The van der Waals surface area contributed by atoms with Crippen molar-refractivity contribution in [2.24, 2.45) is 0 Å². The number of benzene rings is 1. The quantitative estimate of drug-likeness (QED) is 0.839. The van der Waals surface area contributed by atoms with Crippen LogP contribution >= 0.6 is 0 Å². The maximum absolute atomic E-state index is 12.4. The molecule has 1 aliphatic rings. The van der Waals surface area contributed by atoms with Gasteiger partial charge < -0.3 is 0 Å². The highest BCUT2D eigenvalue weighted by Gasteiger charge is 2.23. The van der Waals surface area contributed by atoms with Crippen LogP contribution in [-0.2, 0) is 9.84 Å². The molecule has 1 aliphatic heterocycles. The fraction of sp³-hybridized carbons (Fsp3) is 0.562. The van der Waals surface area contributed by atoms with E-state index < -0.39 is 9.84 Å². The SMILES string of the molecule is CCC1CCCCN1CCS(=O)(=O)c1cccc(C#N)c1. The first-order valence-electron chi connectivity index (χ1n) is 7.54. The molecule has 0 N–H and O–H groups in total. The van der Waals surface area contributed by atoms with E-state index >= 15 is 0 Å². The number of nitriles is 1. The minimum Gasteiger partial charge on any atom is -0.299 e. The summed E-state index contributed by atoms with van der Waals surface area (Å²) in [6, 6.07) is 8.78. The van der Waals surface area contributed by atoms with E-state index in [2.05, 4.69) is 11.8 Å². The lowest BCUT2D eigenvalue weighted by atomic mass is 10.0. The molecule has 5 heteroatoms. The Bertz CT molecular complexity index is 619. The van der Waals surface area contributed by atoms with Gasteiger partial charge in [-0.15, -0.1) is 0 Å². The predicted molar refractivity (Wildman–Crippen MR) is 82.7 cm³/mol. The Morgan fingerprint density at radius 2 is 2.19 bits per heavy atom. The Hall–Kier alpha value is -1.38. The van der Waals surface area contributed by atoms with Gasteiger partial charge >= 0.3 is 0 Å². The minimum absolute atomic E-state index is 0.123. The first-order chi connectivity index (χ1) is 10.1. The summed E-state index contributed by atoms with van der Waals surface area (Å²) in [6.45, 7) is 3.73. The van der Waals surface area contributed by atoms with Crippen molar-refractivity contribution in [1.29, 1.82) is 5.26 Å². The molecule has 0 spiro atoms. The van der Waals surface area contributed by atoms with Crippen LogP contribution in [0.4, 0.5) is 0 Å². The van der Waals surface area contributed by atoms with Crippen molar-refractivity contribution in [2.45, 2.75) is 43.5 Å². The number of hydrogen-bond acceptors (Lipinski definition) is 4. The summed E-state index contributed by atoms with van der Waals surface area (Å²) in [5, 5.41) is 8.88. The monoisotopic (exact) mass is 306 g/mol. The summed E-state index contributed by atoms with van der Waals surface area (Å²) >= 11 is 0. The lowest BCUT2D eigenvalue weighted by Gasteiger charge is -2.35. The van der Waals surface area contributed by atoms with Crippen molar-refractivity contribution in [3.8, 4) is 6.07 Å². The van der Waals surface area contributed by atoms with Gasteiger partial charge in [-0.3, -0.25) is 4.90 Å². The topological polar surface area (TPSA) is 61.2 Å². The number of hydrogen-bond donors (Lipinski definition) is 0. The molecule has 1 heterocycles. The van der Waals surface area contributed by atoms with Crippen LogP contribution < -0.4 is 0 Å². The molecule has 21 heavy (non-hydrogen) atoms. The highest BCUT2D eigenvalue weighted by atomic mass is 32.2. The summed E-state index contributed by atoms with van der Waals surface area (Å²) in [5.41, 5.74) is 0.389. The van der Waals surface area contributed by atoms with E-state index in [0.717, 1.165) is 19.4 Å². The van der Waals surface area contributed by atoms with Gasteiger partial charge in [0.25, 0.3) is 0 Å². The first-order valence-corrected chi connectivity index (χ1v) is 9.19. The van der Waals surface area contributed by atoms with Crippen molar-refractivity contribution in [3.05, 3.63) is 29.8 Å². The fourth-order valence-corrected chi connectivity index (χ4v) is 4.23. The van der Waals surface area contributed by atoms with E-state index in [1.165, 1.54) is 18.9 Å². The van der Waals surface area contributed by atoms with Crippen LogP contribution in [-0.4, -0.2) is 38.2 Å². The molecule has 1 saturated heterocycles. The number of rotatable bonds is 5. The van der Waals surface area contributed by atoms with Crippen LogP contribution in [0.5, 0.6) is 0 Å². The van der Waals surface area contributed by atoms with Crippen LogP contribution in [0.2, 0.25) is 0 Å². The highest BCUT2D eigenvalue weighted by Crippen LogP contribution is 2.20. The zero-order valence-corrected chi connectivity index (χ0v) is 13.3. The third-order valence-corrected chi connectivity index (χ3v) is 5.88. The molecule has 1 unspecified atom stereocenters. The van der Waals surface area contributed by atoms with Crippen LogP contribution in [0.15, 0.2) is 29.2 Å². The normalized spacial score (nSPS) is 20.1. The van der Waals surface area contributed by atoms with E-state index in [1.54, 1.807) is 18.2 Å². The van der Waals surface area contributed by atoms with Crippen molar-refractivity contribution in [1.82, 2.24) is 4.90 Å². The zero-order chi connectivity index (χ0) is 15.3. The number of sulfone groups is 1. The second-order valence-electron chi connectivity index (χ2n) is 5.55. The molecule has 0 aliphatic carbocycles. The van der Waals surface area contributed by atoms with Gasteiger partial charge in [-0.25, -0.2) is 8.42 Å².